The van der Waals surface area contributed by atoms with E-state index < -0.39 is 6.04 Å². The van der Waals surface area contributed by atoms with Crippen LogP contribution in [0.25, 0.3) is 0 Å². The molecule has 2 aliphatic heterocycles. The molecule has 164 valence electrons. The summed E-state index contributed by atoms with van der Waals surface area (Å²) in [6, 6.07) is 11.6. The summed E-state index contributed by atoms with van der Waals surface area (Å²) in [6.07, 6.45) is 2.74. The molecule has 0 radical (unpaired) electrons. The molecule has 8 heteroatoms. The second kappa shape index (κ2) is 9.78. The minimum Gasteiger partial charge on any atom is -0.459 e. The zero-order valence-electron chi connectivity index (χ0n) is 17.4. The fourth-order valence-corrected chi connectivity index (χ4v) is 4.17. The average Bonchev–Trinajstić information content (AvgIpc) is 3.38. The molecule has 0 saturated carbocycles. The van der Waals surface area contributed by atoms with Crippen LogP contribution < -0.4 is 5.32 Å². The Morgan fingerprint density at radius 3 is 2.26 bits per heavy atom. The summed E-state index contributed by atoms with van der Waals surface area (Å²) in [5.74, 6) is -0.224. The van der Waals surface area contributed by atoms with Gasteiger partial charge in [-0.2, -0.15) is 0 Å². The highest BCUT2D eigenvalue weighted by Gasteiger charge is 2.37. The van der Waals surface area contributed by atoms with Gasteiger partial charge in [0.05, 0.1) is 19.5 Å². The van der Waals surface area contributed by atoms with Crippen LogP contribution in [-0.2, 0) is 9.53 Å². The van der Waals surface area contributed by atoms with Gasteiger partial charge in [0.25, 0.3) is 11.8 Å². The number of benzene rings is 1. The second-order valence-corrected chi connectivity index (χ2v) is 7.86. The average molecular weight is 425 g/mol. The van der Waals surface area contributed by atoms with Crippen LogP contribution in [0.1, 0.15) is 33.8 Å². The first-order valence-corrected chi connectivity index (χ1v) is 10.7. The van der Waals surface area contributed by atoms with Crippen LogP contribution in [0.4, 0.5) is 0 Å². The van der Waals surface area contributed by atoms with Gasteiger partial charge in [0.2, 0.25) is 5.91 Å². The number of morpholine rings is 1. The van der Waals surface area contributed by atoms with Gasteiger partial charge in [-0.25, -0.2) is 0 Å². The number of likely N-dealkylation sites (tertiary alicyclic amines) is 1. The first-order valence-electron chi connectivity index (χ1n) is 10.7. The van der Waals surface area contributed by atoms with Gasteiger partial charge >= 0.3 is 0 Å². The number of furan rings is 1. The molecule has 0 bridgehead atoms. The maximum absolute atomic E-state index is 13.3. The van der Waals surface area contributed by atoms with E-state index in [1.165, 1.54) is 6.26 Å². The highest BCUT2D eigenvalue weighted by atomic mass is 16.5. The van der Waals surface area contributed by atoms with E-state index in [9.17, 15) is 14.4 Å². The Balaban J connectivity index is 1.45. The van der Waals surface area contributed by atoms with Crippen LogP contribution in [-0.4, -0.2) is 73.0 Å². The highest BCUT2D eigenvalue weighted by molar-refractivity contribution is 5.97. The second-order valence-electron chi connectivity index (χ2n) is 7.86. The zero-order valence-corrected chi connectivity index (χ0v) is 17.4. The van der Waals surface area contributed by atoms with Crippen molar-refractivity contribution < 1.29 is 23.5 Å². The number of carbonyl (C=O) groups excluding carboxylic acids is 3. The summed E-state index contributed by atoms with van der Waals surface area (Å²) in [6.45, 7) is 3.07. The van der Waals surface area contributed by atoms with Crippen LogP contribution in [0.15, 0.2) is 53.1 Å². The molecule has 2 saturated heterocycles. The molecule has 31 heavy (non-hydrogen) atoms. The number of ether oxygens (including phenoxy) is 1. The summed E-state index contributed by atoms with van der Waals surface area (Å²) in [5.41, 5.74) is 0.521. The van der Waals surface area contributed by atoms with Crippen LogP contribution in [0.3, 0.4) is 0 Å². The Hall–Kier alpha value is -3.13. The monoisotopic (exact) mass is 425 g/mol. The SMILES string of the molecule is O=C(N[C@H](C(=O)N1CCOCC1)C1CCN(C(=O)c2ccco2)CC1)c1ccccc1. The van der Waals surface area contributed by atoms with Crippen molar-refractivity contribution in [2.24, 2.45) is 5.92 Å². The van der Waals surface area contributed by atoms with E-state index >= 15 is 0 Å². The van der Waals surface area contributed by atoms with E-state index in [1.54, 1.807) is 46.2 Å². The van der Waals surface area contributed by atoms with E-state index in [0.717, 1.165) is 0 Å². The minimum atomic E-state index is -0.633. The number of amides is 3. The zero-order chi connectivity index (χ0) is 21.6. The van der Waals surface area contributed by atoms with Gasteiger partial charge in [-0.1, -0.05) is 18.2 Å². The van der Waals surface area contributed by atoms with E-state index in [-0.39, 0.29) is 23.6 Å². The Kier molecular flexibility index (Phi) is 6.66. The number of hydrogen-bond acceptors (Lipinski definition) is 5. The maximum Gasteiger partial charge on any atom is 0.289 e. The van der Waals surface area contributed by atoms with Crippen molar-refractivity contribution in [1.29, 1.82) is 0 Å². The Labute approximate surface area is 181 Å². The number of carbonyl (C=O) groups is 3. The molecule has 3 amide bonds. The van der Waals surface area contributed by atoms with Gasteiger partial charge in [0, 0.05) is 31.7 Å². The standard InChI is InChI=1S/C23H27N3O5/c27-21(18-5-2-1-3-6-18)24-20(23(29)26-12-15-30-16-13-26)17-8-10-25(11-9-17)22(28)19-7-4-14-31-19/h1-7,14,17,20H,8-13,15-16H2,(H,24,27)/t20-/m0/s1. The molecule has 4 rings (SSSR count). The predicted octanol–water partition coefficient (Wildman–Crippen LogP) is 1.79. The third-order valence-corrected chi connectivity index (χ3v) is 5.94. The molecule has 1 N–H and O–H groups in total. The van der Waals surface area contributed by atoms with Gasteiger partial charge in [0.1, 0.15) is 6.04 Å². The lowest BCUT2D eigenvalue weighted by molar-refractivity contribution is -0.139. The van der Waals surface area contributed by atoms with Crippen molar-refractivity contribution in [3.63, 3.8) is 0 Å². The van der Waals surface area contributed by atoms with E-state index in [1.807, 2.05) is 6.07 Å². The van der Waals surface area contributed by atoms with Crippen molar-refractivity contribution in [2.75, 3.05) is 39.4 Å². The number of nitrogens with one attached hydrogen (secondary N) is 1. The Morgan fingerprint density at radius 1 is 0.903 bits per heavy atom. The Morgan fingerprint density at radius 2 is 1.61 bits per heavy atom. The first-order chi connectivity index (χ1) is 15.1. The molecular weight excluding hydrogens is 398 g/mol. The van der Waals surface area contributed by atoms with Crippen molar-refractivity contribution in [2.45, 2.75) is 18.9 Å². The summed E-state index contributed by atoms with van der Waals surface area (Å²) in [5, 5.41) is 2.98. The van der Waals surface area contributed by atoms with Crippen LogP contribution >= 0.6 is 0 Å². The van der Waals surface area contributed by atoms with Crippen LogP contribution in [0.5, 0.6) is 0 Å². The van der Waals surface area contributed by atoms with Crippen LogP contribution in [0, 0.1) is 5.92 Å². The maximum atomic E-state index is 13.3. The highest BCUT2D eigenvalue weighted by Crippen LogP contribution is 2.24. The molecule has 0 spiro atoms. The number of hydrogen-bond donors (Lipinski definition) is 1. The topological polar surface area (TPSA) is 92.1 Å². The smallest absolute Gasteiger partial charge is 0.289 e. The first kappa shape index (κ1) is 21.1. The predicted molar refractivity (Wildman–Crippen MR) is 112 cm³/mol. The third-order valence-electron chi connectivity index (χ3n) is 5.94. The lowest BCUT2D eigenvalue weighted by Gasteiger charge is -2.38. The molecule has 1 aromatic heterocycles. The van der Waals surface area contributed by atoms with Crippen molar-refractivity contribution >= 4 is 17.7 Å². The molecule has 2 fully saturated rings. The van der Waals surface area contributed by atoms with E-state index in [0.29, 0.717) is 63.6 Å². The molecule has 1 aromatic carbocycles. The summed E-state index contributed by atoms with van der Waals surface area (Å²) in [7, 11) is 0. The summed E-state index contributed by atoms with van der Waals surface area (Å²) >= 11 is 0. The molecule has 0 unspecified atom stereocenters. The van der Waals surface area contributed by atoms with Crippen molar-refractivity contribution in [3.05, 3.63) is 60.1 Å². The summed E-state index contributed by atoms with van der Waals surface area (Å²) in [4.78, 5) is 42.2. The largest absolute Gasteiger partial charge is 0.459 e. The molecule has 2 aromatic rings. The van der Waals surface area contributed by atoms with Gasteiger partial charge in [-0.3, -0.25) is 14.4 Å². The van der Waals surface area contributed by atoms with E-state index in [2.05, 4.69) is 5.32 Å². The quantitative estimate of drug-likeness (QED) is 0.789. The summed E-state index contributed by atoms with van der Waals surface area (Å²) < 4.78 is 10.6. The number of piperidine rings is 1. The van der Waals surface area contributed by atoms with E-state index in [4.69, 9.17) is 9.15 Å². The van der Waals surface area contributed by atoms with Gasteiger partial charge < -0.3 is 24.3 Å². The van der Waals surface area contributed by atoms with Crippen molar-refractivity contribution in [1.82, 2.24) is 15.1 Å². The van der Waals surface area contributed by atoms with Crippen LogP contribution in [0.2, 0.25) is 0 Å². The minimum absolute atomic E-state index is 0.0522. The molecule has 3 heterocycles. The fraction of sp³-hybridized carbons (Fsp3) is 0.435. The molecule has 2 aliphatic rings. The van der Waals surface area contributed by atoms with Gasteiger partial charge in [-0.15, -0.1) is 0 Å². The van der Waals surface area contributed by atoms with Crippen molar-refractivity contribution in [3.8, 4) is 0 Å². The fourth-order valence-electron chi connectivity index (χ4n) is 4.17. The number of nitrogens with zero attached hydrogens (tertiary/aromatic N) is 2. The van der Waals surface area contributed by atoms with Gasteiger partial charge in [-0.05, 0) is 43.0 Å². The Bertz CT molecular complexity index is 885. The molecule has 8 nitrogen and oxygen atoms in total. The molecule has 0 aliphatic carbocycles. The normalized spacial score (nSPS) is 18.5. The number of rotatable bonds is 5. The lowest BCUT2D eigenvalue weighted by Crippen LogP contribution is -2.56. The lowest BCUT2D eigenvalue weighted by atomic mass is 9.88. The van der Waals surface area contributed by atoms with Gasteiger partial charge in [0.15, 0.2) is 5.76 Å². The molecular formula is C23H27N3O5. The molecule has 1 atom stereocenters. The third kappa shape index (κ3) is 4.96.